The molecule has 3 N–H and O–H groups in total. The summed E-state index contributed by atoms with van der Waals surface area (Å²) in [5.41, 5.74) is 0.425. The Kier molecular flexibility index (Phi) is 7.25. The van der Waals surface area contributed by atoms with Crippen LogP contribution in [0.15, 0.2) is 41.2 Å². The third-order valence-corrected chi connectivity index (χ3v) is 5.82. The van der Waals surface area contributed by atoms with E-state index in [1.807, 2.05) is 0 Å². The number of carbonyl (C=O) groups is 3. The zero-order valence-corrected chi connectivity index (χ0v) is 18.1. The summed E-state index contributed by atoms with van der Waals surface area (Å²) in [5, 5.41) is 31.0. The molecule has 3 rings (SSSR count). The summed E-state index contributed by atoms with van der Waals surface area (Å²) in [7, 11) is 3.52. The predicted molar refractivity (Wildman–Crippen MR) is 114 cm³/mol. The van der Waals surface area contributed by atoms with E-state index in [1.165, 1.54) is 54.4 Å². The van der Waals surface area contributed by atoms with Gasteiger partial charge in [-0.05, 0) is 18.2 Å². The van der Waals surface area contributed by atoms with Gasteiger partial charge >= 0.3 is 5.97 Å². The Morgan fingerprint density at radius 2 is 1.32 bits per heavy atom. The predicted octanol–water partition coefficient (Wildman–Crippen LogP) is 1.10. The molecule has 0 saturated heterocycles. The van der Waals surface area contributed by atoms with Crippen LogP contribution in [0, 0.1) is 0 Å². The minimum absolute atomic E-state index is 0.0554. The lowest BCUT2D eigenvalue weighted by molar-refractivity contribution is -0.114. The molecule has 1 aromatic carbocycles. The van der Waals surface area contributed by atoms with Crippen LogP contribution in [0.4, 0.5) is 11.4 Å². The Morgan fingerprint density at radius 1 is 0.871 bits per heavy atom. The maximum Gasteiger partial charge on any atom is 0.335 e. The average Bonchev–Trinajstić information content (AvgIpc) is 3.32. The molecule has 2 heterocycles. The number of carboxylic acid groups (broad SMARTS) is 1. The van der Waals surface area contributed by atoms with E-state index >= 15 is 0 Å². The highest BCUT2D eigenvalue weighted by atomic mass is 32.2. The highest BCUT2D eigenvalue weighted by molar-refractivity contribution is 8.00. The lowest BCUT2D eigenvalue weighted by Crippen LogP contribution is -2.17. The van der Waals surface area contributed by atoms with Crippen molar-refractivity contribution in [3.8, 4) is 0 Å². The minimum Gasteiger partial charge on any atom is -0.478 e. The maximum absolute atomic E-state index is 12.3. The van der Waals surface area contributed by atoms with Gasteiger partial charge in [0.1, 0.15) is 12.7 Å². The molecule has 0 aliphatic carbocycles. The first kappa shape index (κ1) is 22.3. The van der Waals surface area contributed by atoms with Crippen molar-refractivity contribution in [1.82, 2.24) is 29.5 Å². The van der Waals surface area contributed by atoms with Crippen molar-refractivity contribution in [1.29, 1.82) is 0 Å². The van der Waals surface area contributed by atoms with Crippen LogP contribution in [0.2, 0.25) is 0 Å². The second-order valence-electron chi connectivity index (χ2n) is 6.23. The molecular formula is C17H18N8O4S2. The number of anilines is 2. The standard InChI is InChI=1S/C17H18N8O4S2/c1-24-8-18-22-16(24)30-6-13(26)20-11-3-10(15(28)29)4-12(5-11)21-14(27)7-31-17-23-19-9-25(17)2/h3-5,8-9H,6-7H2,1-2H3,(H,20,26)(H,21,27)(H,28,29). The van der Waals surface area contributed by atoms with Crippen LogP contribution < -0.4 is 10.6 Å². The van der Waals surface area contributed by atoms with Crippen molar-refractivity contribution < 1.29 is 19.5 Å². The molecule has 2 aromatic heterocycles. The molecule has 2 amide bonds. The largest absolute Gasteiger partial charge is 0.478 e. The Balaban J connectivity index is 1.63. The number of nitrogens with one attached hydrogen (secondary N) is 2. The Morgan fingerprint density at radius 3 is 1.68 bits per heavy atom. The van der Waals surface area contributed by atoms with Gasteiger partial charge in [0.05, 0.1) is 17.1 Å². The van der Waals surface area contributed by atoms with Crippen molar-refractivity contribution in [3.05, 3.63) is 36.4 Å². The number of nitrogens with zero attached hydrogens (tertiary/aromatic N) is 6. The molecule has 0 fully saturated rings. The molecule has 0 radical (unpaired) electrons. The molecule has 12 nitrogen and oxygen atoms in total. The fourth-order valence-corrected chi connectivity index (χ4v) is 3.73. The van der Waals surface area contributed by atoms with Gasteiger partial charge in [-0.2, -0.15) is 0 Å². The molecule has 162 valence electrons. The monoisotopic (exact) mass is 462 g/mol. The van der Waals surface area contributed by atoms with E-state index in [-0.39, 0.29) is 40.3 Å². The van der Waals surface area contributed by atoms with Gasteiger partial charge in [0.2, 0.25) is 11.8 Å². The lowest BCUT2D eigenvalue weighted by Gasteiger charge is -2.10. The van der Waals surface area contributed by atoms with Crippen LogP contribution in [-0.2, 0) is 23.7 Å². The van der Waals surface area contributed by atoms with Gasteiger partial charge in [0.25, 0.3) is 0 Å². The molecule has 0 aliphatic heterocycles. The Labute approximate surface area is 184 Å². The van der Waals surface area contributed by atoms with E-state index in [0.29, 0.717) is 10.3 Å². The van der Waals surface area contributed by atoms with Gasteiger partial charge < -0.3 is 24.9 Å². The van der Waals surface area contributed by atoms with E-state index in [4.69, 9.17) is 0 Å². The normalized spacial score (nSPS) is 10.6. The van der Waals surface area contributed by atoms with Gasteiger partial charge in [-0.25, -0.2) is 4.79 Å². The number of aromatic carboxylic acids is 1. The second-order valence-corrected chi connectivity index (χ2v) is 8.11. The number of hydrogen-bond donors (Lipinski definition) is 3. The van der Waals surface area contributed by atoms with Crippen molar-refractivity contribution in [2.45, 2.75) is 10.3 Å². The number of carbonyl (C=O) groups excluding carboxylic acids is 2. The first-order valence-corrected chi connectivity index (χ1v) is 10.7. The topological polar surface area (TPSA) is 157 Å². The van der Waals surface area contributed by atoms with Crippen LogP contribution >= 0.6 is 23.5 Å². The van der Waals surface area contributed by atoms with Crippen molar-refractivity contribution in [3.63, 3.8) is 0 Å². The number of aryl methyl sites for hydroxylation is 2. The molecule has 0 saturated carbocycles. The third-order valence-electron chi connectivity index (χ3n) is 3.75. The molecule has 3 aromatic rings. The molecule has 31 heavy (non-hydrogen) atoms. The van der Waals surface area contributed by atoms with Crippen LogP contribution in [0.1, 0.15) is 10.4 Å². The van der Waals surface area contributed by atoms with Gasteiger partial charge in [0, 0.05) is 25.5 Å². The van der Waals surface area contributed by atoms with E-state index < -0.39 is 5.97 Å². The number of amides is 2. The summed E-state index contributed by atoms with van der Waals surface area (Å²) < 4.78 is 3.35. The summed E-state index contributed by atoms with van der Waals surface area (Å²) in [5.74, 6) is -1.79. The van der Waals surface area contributed by atoms with Gasteiger partial charge in [0.15, 0.2) is 10.3 Å². The number of rotatable bonds is 9. The summed E-state index contributed by atoms with van der Waals surface area (Å²) in [4.78, 5) is 36.0. The number of benzene rings is 1. The van der Waals surface area contributed by atoms with Crippen molar-refractivity contribution >= 4 is 52.7 Å². The molecule has 14 heteroatoms. The number of aromatic nitrogens is 6. The fourth-order valence-electron chi connectivity index (χ4n) is 2.36. The zero-order chi connectivity index (χ0) is 22.4. The first-order valence-electron chi connectivity index (χ1n) is 8.73. The maximum atomic E-state index is 12.3. The summed E-state index contributed by atoms with van der Waals surface area (Å²) in [6.45, 7) is 0. The van der Waals surface area contributed by atoms with Gasteiger partial charge in [-0.1, -0.05) is 23.5 Å². The number of carboxylic acids is 1. The summed E-state index contributed by atoms with van der Waals surface area (Å²) in [6.07, 6.45) is 3.04. The highest BCUT2D eigenvalue weighted by Crippen LogP contribution is 2.21. The Hall–Kier alpha value is -3.39. The van der Waals surface area contributed by atoms with Crippen LogP contribution in [0.25, 0.3) is 0 Å². The summed E-state index contributed by atoms with van der Waals surface area (Å²) in [6, 6.07) is 4.12. The lowest BCUT2D eigenvalue weighted by atomic mass is 10.1. The van der Waals surface area contributed by atoms with Crippen LogP contribution in [0.5, 0.6) is 0 Å². The minimum atomic E-state index is -1.19. The molecule has 0 unspecified atom stereocenters. The molecular weight excluding hydrogens is 444 g/mol. The van der Waals surface area contributed by atoms with E-state index in [0.717, 1.165) is 0 Å². The first-order chi connectivity index (χ1) is 14.8. The quantitative estimate of drug-likeness (QED) is 0.393. The van der Waals surface area contributed by atoms with E-state index in [1.54, 1.807) is 23.2 Å². The average molecular weight is 463 g/mol. The summed E-state index contributed by atoms with van der Waals surface area (Å²) >= 11 is 2.38. The SMILES string of the molecule is Cn1cnnc1SCC(=O)Nc1cc(NC(=O)CSc2nncn2C)cc(C(=O)O)c1. The molecule has 0 spiro atoms. The number of thioether (sulfide) groups is 2. The molecule has 0 bridgehead atoms. The van der Waals surface area contributed by atoms with Crippen molar-refractivity contribution in [2.75, 3.05) is 22.1 Å². The zero-order valence-electron chi connectivity index (χ0n) is 16.5. The van der Waals surface area contributed by atoms with Gasteiger partial charge in [-0.3, -0.25) is 9.59 Å². The van der Waals surface area contributed by atoms with E-state index in [2.05, 4.69) is 31.0 Å². The van der Waals surface area contributed by atoms with Crippen LogP contribution in [-0.4, -0.2) is 63.9 Å². The second kappa shape index (κ2) is 10.1. The van der Waals surface area contributed by atoms with Crippen molar-refractivity contribution in [2.24, 2.45) is 14.1 Å². The molecule has 0 atom stereocenters. The third kappa shape index (κ3) is 6.29. The van der Waals surface area contributed by atoms with Gasteiger partial charge in [-0.15, -0.1) is 20.4 Å². The smallest absolute Gasteiger partial charge is 0.335 e. The number of hydrogen-bond acceptors (Lipinski definition) is 9. The fraction of sp³-hybridized carbons (Fsp3) is 0.235. The Bertz CT molecular complexity index is 1040. The highest BCUT2D eigenvalue weighted by Gasteiger charge is 2.13. The van der Waals surface area contributed by atoms with E-state index in [9.17, 15) is 19.5 Å². The molecule has 0 aliphatic rings. The van der Waals surface area contributed by atoms with Crippen LogP contribution in [0.3, 0.4) is 0 Å².